The third-order valence-corrected chi connectivity index (χ3v) is 8.99. The summed E-state index contributed by atoms with van der Waals surface area (Å²) in [4.78, 5) is 16.6. The molecule has 1 atom stereocenters. The van der Waals surface area contributed by atoms with Crippen molar-refractivity contribution in [3.8, 4) is 0 Å². The lowest BCUT2D eigenvalue weighted by Crippen LogP contribution is -2.46. The minimum absolute atomic E-state index is 0.240. The van der Waals surface area contributed by atoms with E-state index >= 15 is 0 Å². The van der Waals surface area contributed by atoms with Crippen LogP contribution in [-0.2, 0) is 21.2 Å². The summed E-state index contributed by atoms with van der Waals surface area (Å²) in [7, 11) is -3.80. The zero-order valence-corrected chi connectivity index (χ0v) is 22.4. The Morgan fingerprint density at radius 3 is 2.63 bits per heavy atom. The van der Waals surface area contributed by atoms with Crippen molar-refractivity contribution in [3.05, 3.63) is 97.0 Å². The molecule has 4 rings (SSSR count). The fraction of sp³-hybridized carbons (Fsp3) is 0.269. The van der Waals surface area contributed by atoms with E-state index in [4.69, 9.17) is 23.2 Å². The molecule has 0 saturated heterocycles. The van der Waals surface area contributed by atoms with Crippen LogP contribution in [0.25, 0.3) is 6.08 Å². The summed E-state index contributed by atoms with van der Waals surface area (Å²) in [5.41, 5.74) is 2.57. The minimum atomic E-state index is -3.80. The molecule has 1 aliphatic rings. The van der Waals surface area contributed by atoms with Crippen LogP contribution in [-0.4, -0.2) is 43.2 Å². The Labute approximate surface area is 220 Å². The van der Waals surface area contributed by atoms with E-state index in [1.807, 2.05) is 54.8 Å². The van der Waals surface area contributed by atoms with E-state index < -0.39 is 16.1 Å². The first-order valence-electron chi connectivity index (χ1n) is 11.3. The standard InChI is InChI=1S/C26H26Cl2N2O3S2/c1-2-13-29(35(32,33)16-12-19-6-4-3-5-7-19)18-25(31)30-14-10-24-22(11-15-34-24)26(30)21-9-8-20(27)17-23(21)28/h3-9,11-12,15-17,26H,2,10,13-14,18H2,1H3. The summed E-state index contributed by atoms with van der Waals surface area (Å²) in [5, 5.41) is 4.18. The summed E-state index contributed by atoms with van der Waals surface area (Å²) < 4.78 is 27.5. The molecule has 0 radical (unpaired) electrons. The SMILES string of the molecule is CCCN(CC(=O)N1CCc2sccc2C1c1ccc(Cl)cc1Cl)S(=O)(=O)C=Cc1ccccc1. The molecule has 184 valence electrons. The number of carbonyl (C=O) groups excluding carboxylic acids is 1. The van der Waals surface area contributed by atoms with Crippen molar-refractivity contribution >= 4 is 56.5 Å². The van der Waals surface area contributed by atoms with Gasteiger partial charge in [0.25, 0.3) is 0 Å². The van der Waals surface area contributed by atoms with Gasteiger partial charge in [0.2, 0.25) is 15.9 Å². The van der Waals surface area contributed by atoms with E-state index in [0.29, 0.717) is 23.0 Å². The quantitative estimate of drug-likeness (QED) is 0.334. The van der Waals surface area contributed by atoms with Crippen molar-refractivity contribution in [2.45, 2.75) is 25.8 Å². The average molecular weight is 550 g/mol. The lowest BCUT2D eigenvalue weighted by atomic mass is 9.93. The second-order valence-corrected chi connectivity index (χ2v) is 12.0. The van der Waals surface area contributed by atoms with Crippen LogP contribution < -0.4 is 0 Å². The van der Waals surface area contributed by atoms with Crippen LogP contribution in [0.3, 0.4) is 0 Å². The van der Waals surface area contributed by atoms with Crippen molar-refractivity contribution in [2.75, 3.05) is 19.6 Å². The number of amides is 1. The number of rotatable bonds is 8. The molecule has 0 aliphatic carbocycles. The van der Waals surface area contributed by atoms with Crippen LogP contribution in [0.1, 0.15) is 41.0 Å². The highest BCUT2D eigenvalue weighted by Crippen LogP contribution is 2.41. The van der Waals surface area contributed by atoms with Crippen LogP contribution in [0.2, 0.25) is 10.0 Å². The largest absolute Gasteiger partial charge is 0.330 e. The third kappa shape index (κ3) is 5.98. The number of nitrogens with zero attached hydrogens (tertiary/aromatic N) is 2. The number of carbonyl (C=O) groups is 1. The molecule has 0 saturated carbocycles. The lowest BCUT2D eigenvalue weighted by Gasteiger charge is -2.37. The number of sulfonamides is 1. The molecule has 0 N–H and O–H groups in total. The molecule has 3 aromatic rings. The Kier molecular flexibility index (Phi) is 8.34. The second kappa shape index (κ2) is 11.3. The molecular formula is C26H26Cl2N2O3S2. The monoisotopic (exact) mass is 548 g/mol. The number of benzene rings is 2. The molecule has 1 amide bonds. The number of thiophene rings is 1. The van der Waals surface area contributed by atoms with Crippen molar-refractivity contribution in [1.29, 1.82) is 0 Å². The summed E-state index contributed by atoms with van der Waals surface area (Å²) >= 11 is 14.3. The van der Waals surface area contributed by atoms with Gasteiger partial charge in [0.1, 0.15) is 0 Å². The molecule has 35 heavy (non-hydrogen) atoms. The molecule has 1 unspecified atom stereocenters. The zero-order chi connectivity index (χ0) is 25.0. The average Bonchev–Trinajstić information content (AvgIpc) is 3.32. The van der Waals surface area contributed by atoms with E-state index in [1.165, 1.54) is 14.6 Å². The van der Waals surface area contributed by atoms with Gasteiger partial charge in [0.05, 0.1) is 12.6 Å². The van der Waals surface area contributed by atoms with E-state index in [9.17, 15) is 13.2 Å². The maximum atomic E-state index is 13.6. The smallest absolute Gasteiger partial charge is 0.238 e. The van der Waals surface area contributed by atoms with Crippen molar-refractivity contribution in [2.24, 2.45) is 0 Å². The van der Waals surface area contributed by atoms with Crippen molar-refractivity contribution in [3.63, 3.8) is 0 Å². The van der Waals surface area contributed by atoms with Gasteiger partial charge in [-0.05, 0) is 59.2 Å². The van der Waals surface area contributed by atoms with Gasteiger partial charge >= 0.3 is 0 Å². The molecule has 5 nitrogen and oxygen atoms in total. The number of hydrogen-bond acceptors (Lipinski definition) is 4. The molecule has 0 spiro atoms. The molecule has 2 heterocycles. The van der Waals surface area contributed by atoms with Crippen LogP contribution in [0, 0.1) is 0 Å². The predicted octanol–water partition coefficient (Wildman–Crippen LogP) is 6.24. The van der Waals surface area contributed by atoms with Gasteiger partial charge in [0, 0.05) is 33.4 Å². The van der Waals surface area contributed by atoms with E-state index in [1.54, 1.807) is 34.4 Å². The van der Waals surface area contributed by atoms with E-state index in [0.717, 1.165) is 23.1 Å². The Morgan fingerprint density at radius 1 is 1.14 bits per heavy atom. The molecule has 0 fully saturated rings. The summed E-state index contributed by atoms with van der Waals surface area (Å²) in [6.45, 7) is 2.38. The molecule has 9 heteroatoms. The Morgan fingerprint density at radius 2 is 1.91 bits per heavy atom. The van der Waals surface area contributed by atoms with Gasteiger partial charge in [-0.15, -0.1) is 11.3 Å². The first-order chi connectivity index (χ1) is 16.8. The van der Waals surface area contributed by atoms with Gasteiger partial charge in [-0.25, -0.2) is 8.42 Å². The van der Waals surface area contributed by atoms with Gasteiger partial charge in [-0.3, -0.25) is 4.79 Å². The normalized spacial score (nSPS) is 16.1. The van der Waals surface area contributed by atoms with Crippen molar-refractivity contribution < 1.29 is 13.2 Å². The fourth-order valence-electron chi connectivity index (χ4n) is 4.25. The second-order valence-electron chi connectivity index (χ2n) is 8.30. The summed E-state index contributed by atoms with van der Waals surface area (Å²) in [6, 6.07) is 16.1. The van der Waals surface area contributed by atoms with Crippen LogP contribution >= 0.6 is 34.5 Å². The van der Waals surface area contributed by atoms with Crippen LogP contribution in [0.5, 0.6) is 0 Å². The zero-order valence-electron chi connectivity index (χ0n) is 19.2. The third-order valence-electron chi connectivity index (χ3n) is 5.92. The van der Waals surface area contributed by atoms with Gasteiger partial charge in [0.15, 0.2) is 0 Å². The molecule has 1 aliphatic heterocycles. The molecule has 0 bridgehead atoms. The highest BCUT2D eigenvalue weighted by Gasteiger charge is 2.35. The van der Waals surface area contributed by atoms with E-state index in [2.05, 4.69) is 0 Å². The van der Waals surface area contributed by atoms with Crippen molar-refractivity contribution in [1.82, 2.24) is 9.21 Å². The highest BCUT2D eigenvalue weighted by atomic mass is 35.5. The minimum Gasteiger partial charge on any atom is -0.330 e. The Hall–Kier alpha value is -2.16. The van der Waals surface area contributed by atoms with Gasteiger partial charge in [-0.1, -0.05) is 66.5 Å². The number of halogens is 2. The fourth-order valence-corrected chi connectivity index (χ4v) is 6.89. The first kappa shape index (κ1) is 25.9. The molecular weight excluding hydrogens is 523 g/mol. The highest BCUT2D eigenvalue weighted by molar-refractivity contribution is 7.92. The number of fused-ring (bicyclic) bond motifs is 1. The van der Waals surface area contributed by atoms with Gasteiger partial charge in [-0.2, -0.15) is 4.31 Å². The Bertz CT molecular complexity index is 1320. The lowest BCUT2D eigenvalue weighted by molar-refractivity contribution is -0.133. The Balaban J connectivity index is 1.62. The van der Waals surface area contributed by atoms with Gasteiger partial charge < -0.3 is 4.90 Å². The topological polar surface area (TPSA) is 57.7 Å². The predicted molar refractivity (Wildman–Crippen MR) is 144 cm³/mol. The van der Waals surface area contributed by atoms with Crippen LogP contribution in [0.15, 0.2) is 65.4 Å². The summed E-state index contributed by atoms with van der Waals surface area (Å²) in [6.07, 6.45) is 2.86. The molecule has 2 aromatic carbocycles. The maximum absolute atomic E-state index is 13.6. The van der Waals surface area contributed by atoms with E-state index in [-0.39, 0.29) is 19.0 Å². The summed E-state index contributed by atoms with van der Waals surface area (Å²) in [5.74, 6) is -0.261. The van der Waals surface area contributed by atoms with Crippen LogP contribution in [0.4, 0.5) is 0 Å². The molecule has 1 aromatic heterocycles. The number of hydrogen-bond donors (Lipinski definition) is 0. The first-order valence-corrected chi connectivity index (χ1v) is 14.5. The maximum Gasteiger partial charge on any atom is 0.238 e.